The van der Waals surface area contributed by atoms with Crippen molar-refractivity contribution in [1.82, 2.24) is 4.98 Å². The van der Waals surface area contributed by atoms with E-state index in [0.717, 1.165) is 23.3 Å². The normalized spacial score (nSPS) is 12.5. The van der Waals surface area contributed by atoms with Crippen molar-refractivity contribution in [3.8, 4) is 0 Å². The first-order valence-corrected chi connectivity index (χ1v) is 10.3. The number of Topliss-reactive ketones (excluding diaryl/α,β-unsaturated/α-hetero) is 2. The molecule has 2 aromatic carbocycles. The molecule has 0 N–H and O–H groups in total. The summed E-state index contributed by atoms with van der Waals surface area (Å²) in [6, 6.07) is 12.3. The number of benzene rings is 2. The molecule has 3 rings (SSSR count). The maximum Gasteiger partial charge on any atom is 0.416 e. The van der Waals surface area contributed by atoms with E-state index in [0.29, 0.717) is 11.3 Å². The highest BCUT2D eigenvalue weighted by atomic mass is 32.1. The maximum absolute atomic E-state index is 12.9. The Morgan fingerprint density at radius 3 is 2.30 bits per heavy atom. The average molecular weight is 431 g/mol. The first-order valence-electron chi connectivity index (χ1n) is 9.40. The molecule has 156 valence electrons. The molecule has 0 fully saturated rings. The number of thiazole rings is 1. The molecule has 1 atom stereocenters. The van der Waals surface area contributed by atoms with Crippen LogP contribution in [-0.4, -0.2) is 16.6 Å². The fourth-order valence-corrected chi connectivity index (χ4v) is 3.74. The van der Waals surface area contributed by atoms with Crippen molar-refractivity contribution < 1.29 is 22.8 Å². The minimum Gasteiger partial charge on any atom is -0.299 e. The Kier molecular flexibility index (Phi) is 6.82. The molecule has 0 saturated heterocycles. The maximum atomic E-state index is 12.9. The van der Waals surface area contributed by atoms with Crippen LogP contribution in [0.25, 0.3) is 0 Å². The molecule has 0 saturated carbocycles. The Bertz CT molecular complexity index is 1010. The van der Waals surface area contributed by atoms with Crippen LogP contribution in [0.2, 0.25) is 0 Å². The second-order valence-electron chi connectivity index (χ2n) is 7.23. The van der Waals surface area contributed by atoms with Gasteiger partial charge >= 0.3 is 6.18 Å². The molecule has 0 aliphatic heterocycles. The fourth-order valence-electron chi connectivity index (χ4n) is 3.18. The van der Waals surface area contributed by atoms with Gasteiger partial charge in [-0.1, -0.05) is 49.4 Å². The van der Waals surface area contributed by atoms with E-state index in [-0.39, 0.29) is 36.7 Å². The van der Waals surface area contributed by atoms with E-state index in [1.54, 1.807) is 36.0 Å². The van der Waals surface area contributed by atoms with Crippen LogP contribution in [-0.2, 0) is 23.8 Å². The van der Waals surface area contributed by atoms with Gasteiger partial charge in [0.05, 0.1) is 11.1 Å². The quantitative estimate of drug-likeness (QED) is 0.418. The van der Waals surface area contributed by atoms with E-state index in [1.165, 1.54) is 17.4 Å². The van der Waals surface area contributed by atoms with Crippen LogP contribution >= 0.6 is 11.3 Å². The molecule has 0 bridgehead atoms. The molecular weight excluding hydrogens is 411 g/mol. The average Bonchev–Trinajstić information content (AvgIpc) is 3.24. The van der Waals surface area contributed by atoms with Gasteiger partial charge in [0.2, 0.25) is 0 Å². The zero-order valence-corrected chi connectivity index (χ0v) is 17.1. The molecule has 3 aromatic rings. The molecule has 0 radical (unpaired) electrons. The lowest BCUT2D eigenvalue weighted by atomic mass is 9.92. The number of nitrogens with zero attached hydrogens (tertiary/aromatic N) is 1. The summed E-state index contributed by atoms with van der Waals surface area (Å²) in [5, 5.41) is 1.71. The predicted octanol–water partition coefficient (Wildman–Crippen LogP) is 5.89. The van der Waals surface area contributed by atoms with Gasteiger partial charge in [0.25, 0.3) is 0 Å². The Labute approximate surface area is 176 Å². The van der Waals surface area contributed by atoms with Crippen LogP contribution in [0.5, 0.6) is 0 Å². The van der Waals surface area contributed by atoms with Gasteiger partial charge < -0.3 is 0 Å². The van der Waals surface area contributed by atoms with Gasteiger partial charge in [-0.2, -0.15) is 13.2 Å². The zero-order chi connectivity index (χ0) is 21.7. The minimum atomic E-state index is -4.40. The summed E-state index contributed by atoms with van der Waals surface area (Å²) in [5.41, 5.74) is 3.49. The highest BCUT2D eigenvalue weighted by Gasteiger charge is 2.30. The monoisotopic (exact) mass is 431 g/mol. The molecule has 1 aromatic heterocycles. The van der Waals surface area contributed by atoms with Crippen LogP contribution in [0, 0.1) is 0 Å². The fraction of sp³-hybridized carbons (Fsp3) is 0.261. The largest absolute Gasteiger partial charge is 0.416 e. The van der Waals surface area contributed by atoms with Gasteiger partial charge in [-0.15, -0.1) is 11.3 Å². The number of aromatic nitrogens is 1. The summed E-state index contributed by atoms with van der Waals surface area (Å²) in [5.74, 6) is -0.420. The van der Waals surface area contributed by atoms with Crippen LogP contribution in [0.4, 0.5) is 13.2 Å². The number of carbonyl (C=O) groups excluding carboxylic acids is 2. The highest BCUT2D eigenvalue weighted by molar-refractivity contribution is 7.07. The first-order chi connectivity index (χ1) is 14.2. The second kappa shape index (κ2) is 9.34. The van der Waals surface area contributed by atoms with Gasteiger partial charge in [-0.05, 0) is 28.7 Å². The van der Waals surface area contributed by atoms with Crippen LogP contribution in [0.15, 0.2) is 59.4 Å². The van der Waals surface area contributed by atoms with Crippen molar-refractivity contribution >= 4 is 22.9 Å². The minimum absolute atomic E-state index is 0.0498. The SMILES string of the molecule is CC(CC(=O)Cc1ccc(CC(=O)c2cscn2)cc1)c1cccc(C(F)(F)F)c1. The number of alkyl halides is 3. The number of ketones is 2. The second-order valence-corrected chi connectivity index (χ2v) is 7.95. The van der Waals surface area contributed by atoms with E-state index in [2.05, 4.69) is 4.98 Å². The summed E-state index contributed by atoms with van der Waals surface area (Å²) in [4.78, 5) is 28.5. The lowest BCUT2D eigenvalue weighted by molar-refractivity contribution is -0.137. The molecule has 30 heavy (non-hydrogen) atoms. The van der Waals surface area contributed by atoms with Crippen molar-refractivity contribution in [2.45, 2.75) is 38.3 Å². The zero-order valence-electron chi connectivity index (χ0n) is 16.3. The number of hydrogen-bond acceptors (Lipinski definition) is 4. The summed E-state index contributed by atoms with van der Waals surface area (Å²) >= 11 is 1.37. The molecule has 0 amide bonds. The van der Waals surface area contributed by atoms with E-state index in [4.69, 9.17) is 0 Å². The summed E-state index contributed by atoms with van der Waals surface area (Å²) < 4.78 is 38.6. The lowest BCUT2D eigenvalue weighted by Gasteiger charge is -2.14. The smallest absolute Gasteiger partial charge is 0.299 e. The molecule has 0 aliphatic carbocycles. The molecule has 0 aliphatic rings. The topological polar surface area (TPSA) is 47.0 Å². The third-order valence-electron chi connectivity index (χ3n) is 4.82. The molecular formula is C23H20F3NO2S. The number of rotatable bonds is 8. The molecule has 1 heterocycles. The van der Waals surface area contributed by atoms with Crippen molar-refractivity contribution in [2.75, 3.05) is 0 Å². The van der Waals surface area contributed by atoms with Gasteiger partial charge in [-0.3, -0.25) is 9.59 Å². The van der Waals surface area contributed by atoms with Crippen LogP contribution in [0.1, 0.15) is 52.0 Å². The number of carbonyl (C=O) groups is 2. The van der Waals surface area contributed by atoms with Crippen LogP contribution in [0.3, 0.4) is 0 Å². The number of halogens is 3. The lowest BCUT2D eigenvalue weighted by Crippen LogP contribution is -2.10. The van der Waals surface area contributed by atoms with Crippen LogP contribution < -0.4 is 0 Å². The molecule has 7 heteroatoms. The molecule has 3 nitrogen and oxygen atoms in total. The van der Waals surface area contributed by atoms with Gasteiger partial charge in [0.1, 0.15) is 11.5 Å². The van der Waals surface area contributed by atoms with Crippen molar-refractivity contribution in [3.05, 3.63) is 87.4 Å². The Morgan fingerprint density at radius 1 is 1.03 bits per heavy atom. The summed E-state index contributed by atoms with van der Waals surface area (Å²) in [6.45, 7) is 1.75. The van der Waals surface area contributed by atoms with Gasteiger partial charge in [0, 0.05) is 24.6 Å². The summed E-state index contributed by atoms with van der Waals surface area (Å²) in [7, 11) is 0. The first kappa shape index (κ1) is 21.9. The molecule has 0 spiro atoms. The van der Waals surface area contributed by atoms with Gasteiger partial charge in [-0.25, -0.2) is 4.98 Å². The molecule has 1 unspecified atom stereocenters. The standard InChI is InChI=1S/C23H20F3NO2S/c1-15(18-3-2-4-19(12-18)23(24,25)26)9-20(28)10-16-5-7-17(8-6-16)11-22(29)21-13-30-14-27-21/h2-8,12-15H,9-11H2,1H3. The van der Waals surface area contributed by atoms with E-state index in [1.807, 2.05) is 12.1 Å². The highest BCUT2D eigenvalue weighted by Crippen LogP contribution is 2.31. The Hall–Kier alpha value is -2.80. The van der Waals surface area contributed by atoms with Crippen molar-refractivity contribution in [1.29, 1.82) is 0 Å². The summed E-state index contributed by atoms with van der Waals surface area (Å²) in [6.07, 6.45) is -3.80. The Morgan fingerprint density at radius 2 is 1.70 bits per heavy atom. The van der Waals surface area contributed by atoms with Gasteiger partial charge in [0.15, 0.2) is 5.78 Å². The van der Waals surface area contributed by atoms with E-state index >= 15 is 0 Å². The third-order valence-corrected chi connectivity index (χ3v) is 5.41. The van der Waals surface area contributed by atoms with Crippen molar-refractivity contribution in [2.24, 2.45) is 0 Å². The van der Waals surface area contributed by atoms with E-state index in [9.17, 15) is 22.8 Å². The third kappa shape index (κ3) is 5.86. The number of hydrogen-bond donors (Lipinski definition) is 0. The Balaban J connectivity index is 1.56. The van der Waals surface area contributed by atoms with Crippen molar-refractivity contribution in [3.63, 3.8) is 0 Å². The van der Waals surface area contributed by atoms with E-state index < -0.39 is 11.7 Å². The predicted molar refractivity (Wildman–Crippen MR) is 110 cm³/mol.